The molecule has 0 unspecified atom stereocenters. The third kappa shape index (κ3) is 3.43. The number of pyridine rings is 1. The van der Waals surface area contributed by atoms with Gasteiger partial charge in [0.15, 0.2) is 11.5 Å². The minimum atomic E-state index is -4.88. The van der Waals surface area contributed by atoms with Crippen molar-refractivity contribution in [2.45, 2.75) is 6.18 Å². The van der Waals surface area contributed by atoms with Crippen LogP contribution in [-0.2, 0) is 6.18 Å². The first-order valence-corrected chi connectivity index (χ1v) is 9.70. The molecule has 0 fully saturated rings. The van der Waals surface area contributed by atoms with Crippen molar-refractivity contribution in [3.8, 4) is 5.82 Å². The molecule has 0 aliphatic rings. The fourth-order valence-corrected chi connectivity index (χ4v) is 3.66. The standard InChI is InChI=1S/C19H7Cl2F3N6O3/c20-8-2-1-3-25-16(8)30-10(5-11(29-30)19(22,23)24)15(31)17-27-14-9(21)4-7-6-26-28-13(7)12(14)18(32)33-17/h1-6H,(H,26,28). The lowest BCUT2D eigenvalue weighted by atomic mass is 10.1. The van der Waals surface area contributed by atoms with Gasteiger partial charge in [-0.05, 0) is 18.2 Å². The highest BCUT2D eigenvalue weighted by atomic mass is 35.5. The van der Waals surface area contributed by atoms with Crippen LogP contribution < -0.4 is 5.63 Å². The average molecular weight is 495 g/mol. The maximum atomic E-state index is 13.3. The number of H-pyrrole nitrogens is 1. The van der Waals surface area contributed by atoms with E-state index in [1.165, 1.54) is 30.6 Å². The maximum absolute atomic E-state index is 13.3. The molecule has 33 heavy (non-hydrogen) atoms. The lowest BCUT2D eigenvalue weighted by Crippen LogP contribution is -2.16. The van der Waals surface area contributed by atoms with Gasteiger partial charge in [-0.3, -0.25) is 9.89 Å². The Bertz CT molecular complexity index is 1640. The summed E-state index contributed by atoms with van der Waals surface area (Å²) < 4.78 is 45.7. The SMILES string of the molecule is O=C(c1nc2c(Cl)cc3cn[nH]c3c2c(=O)o1)c1cc(C(F)(F)F)nn1-c1ncccc1Cl. The molecule has 0 bridgehead atoms. The van der Waals surface area contributed by atoms with E-state index in [0.717, 1.165) is 0 Å². The summed E-state index contributed by atoms with van der Waals surface area (Å²) in [5, 5.41) is 10.2. The zero-order valence-electron chi connectivity index (χ0n) is 15.8. The van der Waals surface area contributed by atoms with Gasteiger partial charge < -0.3 is 4.42 Å². The molecule has 0 aliphatic carbocycles. The monoisotopic (exact) mass is 494 g/mol. The van der Waals surface area contributed by atoms with Crippen molar-refractivity contribution < 1.29 is 22.4 Å². The van der Waals surface area contributed by atoms with Gasteiger partial charge in [0.2, 0.25) is 0 Å². The molecule has 0 atom stereocenters. The minimum Gasteiger partial charge on any atom is -0.399 e. The Balaban J connectivity index is 1.74. The van der Waals surface area contributed by atoms with Crippen molar-refractivity contribution in [1.29, 1.82) is 0 Å². The Labute approximate surface area is 189 Å². The second-order valence-corrected chi connectivity index (χ2v) is 7.50. The lowest BCUT2D eigenvalue weighted by molar-refractivity contribution is -0.141. The summed E-state index contributed by atoms with van der Waals surface area (Å²) in [4.78, 5) is 33.7. The van der Waals surface area contributed by atoms with Crippen LogP contribution in [0.4, 0.5) is 13.2 Å². The van der Waals surface area contributed by atoms with Crippen molar-refractivity contribution in [2.24, 2.45) is 0 Å². The first kappa shape index (κ1) is 21.1. The van der Waals surface area contributed by atoms with Crippen LogP contribution in [0, 0.1) is 0 Å². The number of carbonyl (C=O) groups is 1. The van der Waals surface area contributed by atoms with Crippen molar-refractivity contribution >= 4 is 50.8 Å². The lowest BCUT2D eigenvalue weighted by Gasteiger charge is -2.07. The Morgan fingerprint density at radius 1 is 1.18 bits per heavy atom. The van der Waals surface area contributed by atoms with E-state index in [2.05, 4.69) is 25.3 Å². The van der Waals surface area contributed by atoms with Gasteiger partial charge >= 0.3 is 11.8 Å². The highest BCUT2D eigenvalue weighted by molar-refractivity contribution is 6.36. The summed E-state index contributed by atoms with van der Waals surface area (Å²) in [7, 11) is 0. The molecule has 0 aliphatic heterocycles. The van der Waals surface area contributed by atoms with Crippen molar-refractivity contribution in [2.75, 3.05) is 0 Å². The summed E-state index contributed by atoms with van der Waals surface area (Å²) in [6.45, 7) is 0. The molecule has 4 aromatic heterocycles. The van der Waals surface area contributed by atoms with Gasteiger partial charge in [0.25, 0.3) is 11.7 Å². The summed E-state index contributed by atoms with van der Waals surface area (Å²) in [5.74, 6) is -2.20. The first-order valence-electron chi connectivity index (χ1n) is 8.94. The topological polar surface area (TPSA) is 120 Å². The van der Waals surface area contributed by atoms with Crippen LogP contribution in [0.1, 0.15) is 22.1 Å². The normalized spacial score (nSPS) is 12.0. The van der Waals surface area contributed by atoms with E-state index in [1.54, 1.807) is 0 Å². The maximum Gasteiger partial charge on any atom is 0.435 e. The Morgan fingerprint density at radius 3 is 2.70 bits per heavy atom. The Morgan fingerprint density at radius 2 is 1.97 bits per heavy atom. The largest absolute Gasteiger partial charge is 0.435 e. The van der Waals surface area contributed by atoms with Crippen LogP contribution in [0.3, 0.4) is 0 Å². The van der Waals surface area contributed by atoms with E-state index in [-0.39, 0.29) is 32.3 Å². The fraction of sp³-hybridized carbons (Fsp3) is 0.0526. The van der Waals surface area contributed by atoms with Gasteiger partial charge in [-0.1, -0.05) is 23.2 Å². The second kappa shape index (κ2) is 7.39. The quantitative estimate of drug-likeness (QED) is 0.373. The van der Waals surface area contributed by atoms with Crippen LogP contribution in [0.25, 0.3) is 27.6 Å². The molecule has 5 aromatic rings. The fourth-order valence-electron chi connectivity index (χ4n) is 3.20. The predicted molar refractivity (Wildman–Crippen MR) is 110 cm³/mol. The highest BCUT2D eigenvalue weighted by Gasteiger charge is 2.37. The number of nitrogens with one attached hydrogen (secondary N) is 1. The van der Waals surface area contributed by atoms with E-state index in [4.69, 9.17) is 27.6 Å². The van der Waals surface area contributed by atoms with Crippen molar-refractivity contribution in [3.63, 3.8) is 0 Å². The van der Waals surface area contributed by atoms with Crippen molar-refractivity contribution in [1.82, 2.24) is 29.9 Å². The van der Waals surface area contributed by atoms with Crippen LogP contribution in [0.5, 0.6) is 0 Å². The third-order valence-electron chi connectivity index (χ3n) is 4.64. The number of hydrogen-bond acceptors (Lipinski definition) is 7. The molecular weight excluding hydrogens is 488 g/mol. The highest BCUT2D eigenvalue weighted by Crippen LogP contribution is 2.32. The number of nitrogens with zero attached hydrogens (tertiary/aromatic N) is 5. The molecule has 4 heterocycles. The molecule has 166 valence electrons. The molecule has 0 spiro atoms. The predicted octanol–water partition coefficient (Wildman–Crippen LogP) is 4.20. The first-order chi connectivity index (χ1) is 15.6. The summed E-state index contributed by atoms with van der Waals surface area (Å²) in [6.07, 6.45) is -2.20. The zero-order valence-corrected chi connectivity index (χ0v) is 17.3. The molecule has 5 rings (SSSR count). The minimum absolute atomic E-state index is 0.0121. The van der Waals surface area contributed by atoms with Gasteiger partial charge in [0.05, 0.1) is 21.8 Å². The number of benzene rings is 1. The molecule has 0 saturated heterocycles. The molecule has 0 saturated carbocycles. The second-order valence-electron chi connectivity index (χ2n) is 6.69. The number of carbonyl (C=O) groups excluding carboxylic acids is 1. The van der Waals surface area contributed by atoms with Gasteiger partial charge in [-0.25, -0.2) is 19.4 Å². The van der Waals surface area contributed by atoms with Gasteiger partial charge in [0, 0.05) is 17.6 Å². The van der Waals surface area contributed by atoms with Gasteiger partial charge in [0.1, 0.15) is 16.6 Å². The Hall–Kier alpha value is -3.77. The smallest absolute Gasteiger partial charge is 0.399 e. The van der Waals surface area contributed by atoms with E-state index < -0.39 is 34.9 Å². The van der Waals surface area contributed by atoms with Crippen LogP contribution in [-0.4, -0.2) is 35.7 Å². The van der Waals surface area contributed by atoms with Crippen LogP contribution in [0.15, 0.2) is 45.9 Å². The van der Waals surface area contributed by atoms with E-state index in [1.807, 2.05) is 0 Å². The molecule has 1 aromatic carbocycles. The Kier molecular flexibility index (Phi) is 4.72. The number of rotatable bonds is 3. The van der Waals surface area contributed by atoms with E-state index in [0.29, 0.717) is 16.1 Å². The molecule has 0 radical (unpaired) electrons. The number of hydrogen-bond donors (Lipinski definition) is 1. The van der Waals surface area contributed by atoms with E-state index in [9.17, 15) is 22.8 Å². The molecule has 14 heteroatoms. The van der Waals surface area contributed by atoms with E-state index >= 15 is 0 Å². The summed E-state index contributed by atoms with van der Waals surface area (Å²) in [5.41, 5.74) is -2.81. The molecule has 1 N–H and O–H groups in total. The number of aromatic nitrogens is 6. The van der Waals surface area contributed by atoms with Gasteiger partial charge in [-0.15, -0.1) is 0 Å². The third-order valence-corrected chi connectivity index (χ3v) is 5.22. The van der Waals surface area contributed by atoms with Crippen LogP contribution >= 0.6 is 23.2 Å². The number of alkyl halides is 3. The average Bonchev–Trinajstić information content (AvgIpc) is 3.40. The molecule has 0 amide bonds. The van der Waals surface area contributed by atoms with Gasteiger partial charge in [-0.2, -0.15) is 23.4 Å². The molecular formula is C19H7Cl2F3N6O3. The number of fused-ring (bicyclic) bond motifs is 3. The molecule has 9 nitrogen and oxygen atoms in total. The van der Waals surface area contributed by atoms with Crippen molar-refractivity contribution in [3.05, 3.63) is 74.4 Å². The number of halogens is 5. The van der Waals surface area contributed by atoms with Crippen LogP contribution in [0.2, 0.25) is 10.0 Å². The zero-order chi connectivity index (χ0) is 23.5. The summed E-state index contributed by atoms with van der Waals surface area (Å²) >= 11 is 12.3. The summed E-state index contributed by atoms with van der Waals surface area (Å²) in [6, 6.07) is 4.75. The number of aromatic amines is 1. The number of ketones is 1.